The van der Waals surface area contributed by atoms with Gasteiger partial charge in [-0.3, -0.25) is 4.79 Å². The van der Waals surface area contributed by atoms with E-state index in [2.05, 4.69) is 5.32 Å². The first-order valence-corrected chi connectivity index (χ1v) is 8.44. The summed E-state index contributed by atoms with van der Waals surface area (Å²) in [5.74, 6) is 0.0596. The molecule has 2 aliphatic heterocycles. The molecule has 2 heterocycles. The van der Waals surface area contributed by atoms with Crippen LogP contribution in [0, 0.1) is 5.92 Å². The average Bonchev–Trinajstić information content (AvgIpc) is 3.07. The van der Waals surface area contributed by atoms with Crippen LogP contribution in [0.5, 0.6) is 0 Å². The van der Waals surface area contributed by atoms with Gasteiger partial charge in [0.15, 0.2) is 0 Å². The Morgan fingerprint density at radius 3 is 2.62 bits per heavy atom. The highest BCUT2D eigenvalue weighted by Gasteiger charge is 2.53. The lowest BCUT2D eigenvalue weighted by Gasteiger charge is -2.26. The highest BCUT2D eigenvalue weighted by molar-refractivity contribution is 5.85. The van der Waals surface area contributed by atoms with Crippen LogP contribution >= 0.6 is 0 Å². The molecule has 2 fully saturated rings. The van der Waals surface area contributed by atoms with E-state index in [-0.39, 0.29) is 29.9 Å². The van der Waals surface area contributed by atoms with Crippen LogP contribution in [0.3, 0.4) is 0 Å². The summed E-state index contributed by atoms with van der Waals surface area (Å²) in [7, 11) is 1.57. The fourth-order valence-corrected chi connectivity index (χ4v) is 3.70. The van der Waals surface area contributed by atoms with Crippen LogP contribution in [-0.2, 0) is 16.1 Å². The third kappa shape index (κ3) is 3.11. The number of hydrogen-bond donors (Lipinski definition) is 1. The summed E-state index contributed by atoms with van der Waals surface area (Å²) < 4.78 is 5.46. The van der Waals surface area contributed by atoms with Crippen LogP contribution in [0.25, 0.3) is 0 Å². The molecule has 0 radical (unpaired) electrons. The highest BCUT2D eigenvalue weighted by atomic mass is 16.5. The van der Waals surface area contributed by atoms with E-state index in [4.69, 9.17) is 4.74 Å². The number of rotatable bonds is 4. The molecule has 1 N–H and O–H groups in total. The number of urea groups is 1. The normalized spacial score (nSPS) is 26.2. The topological polar surface area (TPSA) is 61.9 Å². The third-order valence-corrected chi connectivity index (χ3v) is 4.80. The number of likely N-dealkylation sites (tertiary alicyclic amines) is 2. The van der Waals surface area contributed by atoms with E-state index in [1.807, 2.05) is 49.1 Å². The zero-order valence-corrected chi connectivity index (χ0v) is 14.4. The molecule has 3 atom stereocenters. The lowest BCUT2D eigenvalue weighted by molar-refractivity contribution is -0.138. The maximum atomic E-state index is 12.7. The van der Waals surface area contributed by atoms with Crippen molar-refractivity contribution in [2.24, 2.45) is 5.92 Å². The van der Waals surface area contributed by atoms with Crippen LogP contribution in [-0.4, -0.2) is 60.1 Å². The van der Waals surface area contributed by atoms with Gasteiger partial charge in [-0.2, -0.15) is 0 Å². The Labute approximate surface area is 142 Å². The number of nitrogens with zero attached hydrogens (tertiary/aromatic N) is 2. The second-order valence-corrected chi connectivity index (χ2v) is 6.85. The monoisotopic (exact) mass is 331 g/mol. The minimum Gasteiger partial charge on any atom is -0.371 e. The van der Waals surface area contributed by atoms with Gasteiger partial charge in [0, 0.05) is 38.7 Å². The molecule has 0 unspecified atom stereocenters. The van der Waals surface area contributed by atoms with Crippen molar-refractivity contribution in [1.82, 2.24) is 15.1 Å². The molecule has 3 amide bonds. The molecule has 0 aromatic heterocycles. The second-order valence-electron chi connectivity index (χ2n) is 6.85. The number of amides is 3. The van der Waals surface area contributed by atoms with Crippen molar-refractivity contribution >= 4 is 11.9 Å². The van der Waals surface area contributed by atoms with Crippen molar-refractivity contribution in [2.45, 2.75) is 38.6 Å². The molecule has 6 nitrogen and oxygen atoms in total. The first-order chi connectivity index (χ1) is 11.5. The van der Waals surface area contributed by atoms with Crippen molar-refractivity contribution < 1.29 is 14.3 Å². The molecule has 0 aliphatic carbocycles. The molecule has 1 aromatic carbocycles. The highest BCUT2D eigenvalue weighted by Crippen LogP contribution is 2.35. The fraction of sp³-hybridized carbons (Fsp3) is 0.556. The number of hydrogen-bond acceptors (Lipinski definition) is 3. The summed E-state index contributed by atoms with van der Waals surface area (Å²) in [6, 6.07) is 9.97. The van der Waals surface area contributed by atoms with Crippen LogP contribution in [0.1, 0.15) is 19.4 Å². The van der Waals surface area contributed by atoms with Gasteiger partial charge in [0.2, 0.25) is 0 Å². The average molecular weight is 331 g/mol. The Balaban J connectivity index is 1.76. The Hall–Kier alpha value is -2.08. The quantitative estimate of drug-likeness (QED) is 0.909. The zero-order valence-electron chi connectivity index (χ0n) is 14.4. The number of benzene rings is 1. The Kier molecular flexibility index (Phi) is 4.76. The van der Waals surface area contributed by atoms with Gasteiger partial charge < -0.3 is 19.9 Å². The van der Waals surface area contributed by atoms with Crippen molar-refractivity contribution in [3.8, 4) is 0 Å². The molecule has 6 heteroatoms. The van der Waals surface area contributed by atoms with Crippen LogP contribution < -0.4 is 5.32 Å². The summed E-state index contributed by atoms with van der Waals surface area (Å²) in [4.78, 5) is 28.7. The molecular formula is C18H25N3O3. The SMILES string of the molecule is CO[C@@H]1C(=O)N(Cc2ccccc2)[C@@H]2CN(C(=O)NC(C)C)C[C@H]12. The minimum atomic E-state index is -0.462. The molecule has 2 aliphatic rings. The Morgan fingerprint density at radius 2 is 2.00 bits per heavy atom. The van der Waals surface area contributed by atoms with E-state index in [1.165, 1.54) is 0 Å². The summed E-state index contributed by atoms with van der Waals surface area (Å²) >= 11 is 0. The molecular weight excluding hydrogens is 306 g/mol. The maximum absolute atomic E-state index is 12.7. The Morgan fingerprint density at radius 1 is 1.29 bits per heavy atom. The predicted molar refractivity (Wildman–Crippen MR) is 90.3 cm³/mol. The number of carbonyl (C=O) groups excluding carboxylic acids is 2. The summed E-state index contributed by atoms with van der Waals surface area (Å²) in [6.45, 7) is 5.55. The molecule has 1 aromatic rings. The maximum Gasteiger partial charge on any atom is 0.317 e. The van der Waals surface area contributed by atoms with E-state index >= 15 is 0 Å². The smallest absolute Gasteiger partial charge is 0.317 e. The van der Waals surface area contributed by atoms with Gasteiger partial charge >= 0.3 is 6.03 Å². The number of nitrogens with one attached hydrogen (secondary N) is 1. The standard InChI is InChI=1S/C18H25N3O3/c1-12(2)19-18(23)20-10-14-15(11-20)21(17(22)16(14)24-3)9-13-7-5-4-6-8-13/h4-8,12,14-16H,9-11H2,1-3H3,(H,19,23)/t14-,15+,16-/m0/s1. The van der Waals surface area contributed by atoms with E-state index < -0.39 is 6.10 Å². The van der Waals surface area contributed by atoms with E-state index in [1.54, 1.807) is 12.0 Å². The van der Waals surface area contributed by atoms with Gasteiger partial charge in [-0.05, 0) is 19.4 Å². The van der Waals surface area contributed by atoms with Crippen molar-refractivity contribution in [3.63, 3.8) is 0 Å². The van der Waals surface area contributed by atoms with Gasteiger partial charge in [0.25, 0.3) is 5.91 Å². The lowest BCUT2D eigenvalue weighted by Crippen LogP contribution is -2.45. The lowest BCUT2D eigenvalue weighted by atomic mass is 10.0. The van der Waals surface area contributed by atoms with Gasteiger partial charge in [0.05, 0.1) is 6.04 Å². The van der Waals surface area contributed by atoms with Crippen LogP contribution in [0.4, 0.5) is 4.79 Å². The number of fused-ring (bicyclic) bond motifs is 1. The van der Waals surface area contributed by atoms with Gasteiger partial charge in [0.1, 0.15) is 6.10 Å². The molecule has 130 valence electrons. The molecule has 2 saturated heterocycles. The van der Waals surface area contributed by atoms with Crippen molar-refractivity contribution in [1.29, 1.82) is 0 Å². The largest absolute Gasteiger partial charge is 0.371 e. The summed E-state index contributed by atoms with van der Waals surface area (Å²) in [5.41, 5.74) is 1.09. The summed E-state index contributed by atoms with van der Waals surface area (Å²) in [6.07, 6.45) is -0.462. The molecule has 0 spiro atoms. The van der Waals surface area contributed by atoms with Crippen LogP contribution in [0.15, 0.2) is 30.3 Å². The first kappa shape index (κ1) is 16.8. The first-order valence-electron chi connectivity index (χ1n) is 8.44. The Bertz CT molecular complexity index is 605. The van der Waals surface area contributed by atoms with Gasteiger partial charge in [-0.15, -0.1) is 0 Å². The number of ether oxygens (including phenoxy) is 1. The van der Waals surface area contributed by atoms with Gasteiger partial charge in [-0.1, -0.05) is 30.3 Å². The third-order valence-electron chi connectivity index (χ3n) is 4.80. The molecule has 24 heavy (non-hydrogen) atoms. The molecule has 0 saturated carbocycles. The van der Waals surface area contributed by atoms with Crippen molar-refractivity contribution in [2.75, 3.05) is 20.2 Å². The minimum absolute atomic E-state index is 0.0144. The van der Waals surface area contributed by atoms with E-state index in [0.29, 0.717) is 19.6 Å². The number of methoxy groups -OCH3 is 1. The second kappa shape index (κ2) is 6.81. The van der Waals surface area contributed by atoms with Crippen molar-refractivity contribution in [3.05, 3.63) is 35.9 Å². The molecule has 0 bridgehead atoms. The predicted octanol–water partition coefficient (Wildman–Crippen LogP) is 1.46. The van der Waals surface area contributed by atoms with Gasteiger partial charge in [-0.25, -0.2) is 4.79 Å². The summed E-state index contributed by atoms with van der Waals surface area (Å²) in [5, 5.41) is 2.93. The van der Waals surface area contributed by atoms with E-state index in [9.17, 15) is 9.59 Å². The molecule has 3 rings (SSSR count). The zero-order chi connectivity index (χ0) is 17.3. The van der Waals surface area contributed by atoms with Crippen LogP contribution in [0.2, 0.25) is 0 Å². The van der Waals surface area contributed by atoms with E-state index in [0.717, 1.165) is 5.56 Å². The fourth-order valence-electron chi connectivity index (χ4n) is 3.70. The number of carbonyl (C=O) groups is 2.